The highest BCUT2D eigenvalue weighted by atomic mass is 32.1. The molecule has 0 spiro atoms. The number of thiazole rings is 1. The quantitative estimate of drug-likeness (QED) is 0.827. The average molecular weight is 258 g/mol. The van der Waals surface area contributed by atoms with Gasteiger partial charge in [-0.25, -0.2) is 4.98 Å². The molecule has 1 unspecified atom stereocenters. The zero-order valence-corrected chi connectivity index (χ0v) is 10.9. The number of anilines is 2. The largest absolute Gasteiger partial charge is 0.396 e. The fourth-order valence-corrected chi connectivity index (χ4v) is 2.34. The maximum absolute atomic E-state index is 8.90. The highest BCUT2D eigenvalue weighted by Crippen LogP contribution is 2.24. The van der Waals surface area contributed by atoms with Crippen LogP contribution in [0.15, 0.2) is 29.8 Å². The van der Waals surface area contributed by atoms with Crippen molar-refractivity contribution in [2.45, 2.75) is 12.8 Å². The number of aromatic nitrogens is 1. The lowest BCUT2D eigenvalue weighted by atomic mass is 10.1. The molecule has 1 aromatic heterocycles. The summed E-state index contributed by atoms with van der Waals surface area (Å²) in [5, 5.41) is 15.2. The van der Waals surface area contributed by atoms with Gasteiger partial charge in [-0.15, -0.1) is 11.3 Å². The van der Waals surface area contributed by atoms with Crippen LogP contribution in [-0.4, -0.2) is 11.5 Å². The summed E-state index contributed by atoms with van der Waals surface area (Å²) in [7, 11) is 0. The van der Waals surface area contributed by atoms with Gasteiger partial charge in [-0.2, -0.15) is 5.26 Å². The van der Waals surface area contributed by atoms with E-state index >= 15 is 0 Å². The molecule has 4 nitrogen and oxygen atoms in total. The Hall–Kier alpha value is -2.06. The van der Waals surface area contributed by atoms with E-state index < -0.39 is 0 Å². The van der Waals surface area contributed by atoms with Crippen LogP contribution in [0.3, 0.4) is 0 Å². The Labute approximate surface area is 110 Å². The molecule has 0 saturated carbocycles. The van der Waals surface area contributed by atoms with Gasteiger partial charge in [-0.3, -0.25) is 0 Å². The van der Waals surface area contributed by atoms with E-state index in [-0.39, 0.29) is 0 Å². The lowest BCUT2D eigenvalue weighted by Crippen LogP contribution is -2.11. The molecule has 18 heavy (non-hydrogen) atoms. The zero-order valence-electron chi connectivity index (χ0n) is 10.1. The van der Waals surface area contributed by atoms with Gasteiger partial charge in [0, 0.05) is 24.0 Å². The number of nitrogens with two attached hydrogens (primary N) is 1. The smallest absolute Gasteiger partial charge is 0.101 e. The van der Waals surface area contributed by atoms with Crippen molar-refractivity contribution in [2.75, 3.05) is 17.6 Å². The highest BCUT2D eigenvalue weighted by Gasteiger charge is 2.09. The second-order valence-corrected chi connectivity index (χ2v) is 4.96. The van der Waals surface area contributed by atoms with E-state index in [4.69, 9.17) is 11.0 Å². The maximum Gasteiger partial charge on any atom is 0.101 e. The molecule has 0 radical (unpaired) electrons. The van der Waals surface area contributed by atoms with E-state index in [9.17, 15) is 0 Å². The minimum Gasteiger partial charge on any atom is -0.396 e. The summed E-state index contributed by atoms with van der Waals surface area (Å²) < 4.78 is 0. The van der Waals surface area contributed by atoms with Crippen LogP contribution >= 0.6 is 11.3 Å². The number of rotatable bonds is 4. The van der Waals surface area contributed by atoms with E-state index in [1.165, 1.54) is 0 Å². The number of hydrogen-bond acceptors (Lipinski definition) is 5. The van der Waals surface area contributed by atoms with Gasteiger partial charge in [0.1, 0.15) is 6.07 Å². The van der Waals surface area contributed by atoms with Crippen molar-refractivity contribution in [2.24, 2.45) is 0 Å². The molecule has 0 bridgehead atoms. The van der Waals surface area contributed by atoms with Crippen molar-refractivity contribution in [1.82, 2.24) is 4.98 Å². The molecule has 0 saturated heterocycles. The van der Waals surface area contributed by atoms with Crippen molar-refractivity contribution in [3.63, 3.8) is 0 Å². The molecule has 3 N–H and O–H groups in total. The Bertz CT molecular complexity index is 557. The van der Waals surface area contributed by atoms with Crippen LogP contribution < -0.4 is 11.1 Å². The SMILES string of the molecule is CC(CNc1cccc(C#N)c1N)c1nccs1. The third kappa shape index (κ3) is 2.60. The Morgan fingerprint density at radius 2 is 2.39 bits per heavy atom. The summed E-state index contributed by atoms with van der Waals surface area (Å²) in [6, 6.07) is 7.49. The van der Waals surface area contributed by atoms with Crippen LogP contribution in [0.1, 0.15) is 23.4 Å². The maximum atomic E-state index is 8.90. The third-order valence-corrected chi connectivity index (χ3v) is 3.71. The highest BCUT2D eigenvalue weighted by molar-refractivity contribution is 7.09. The predicted molar refractivity (Wildman–Crippen MR) is 74.6 cm³/mol. The molecule has 0 fully saturated rings. The second kappa shape index (κ2) is 5.52. The van der Waals surface area contributed by atoms with Gasteiger partial charge in [-0.05, 0) is 12.1 Å². The predicted octanol–water partition coefficient (Wildman–Crippen LogP) is 2.81. The first-order valence-electron chi connectivity index (χ1n) is 5.64. The number of hydrogen-bond donors (Lipinski definition) is 2. The van der Waals surface area contributed by atoms with Crippen LogP contribution in [0.2, 0.25) is 0 Å². The van der Waals surface area contributed by atoms with E-state index in [2.05, 4.69) is 23.3 Å². The second-order valence-electron chi connectivity index (χ2n) is 4.03. The molecular weight excluding hydrogens is 244 g/mol. The fourth-order valence-electron chi connectivity index (χ4n) is 1.65. The van der Waals surface area contributed by atoms with Crippen molar-refractivity contribution in [3.8, 4) is 6.07 Å². The van der Waals surface area contributed by atoms with Crippen LogP contribution in [0, 0.1) is 11.3 Å². The van der Waals surface area contributed by atoms with Gasteiger partial charge in [0.05, 0.1) is 21.9 Å². The topological polar surface area (TPSA) is 74.7 Å². The molecule has 2 aromatic rings. The van der Waals surface area contributed by atoms with E-state index in [1.54, 1.807) is 23.6 Å². The number of nitrogens with zero attached hydrogens (tertiary/aromatic N) is 2. The molecule has 1 aromatic carbocycles. The summed E-state index contributed by atoms with van der Waals surface area (Å²) in [5.41, 5.74) is 7.71. The van der Waals surface area contributed by atoms with Crippen LogP contribution in [-0.2, 0) is 0 Å². The van der Waals surface area contributed by atoms with Crippen molar-refractivity contribution in [3.05, 3.63) is 40.3 Å². The van der Waals surface area contributed by atoms with Crippen LogP contribution in [0.25, 0.3) is 0 Å². The number of benzene rings is 1. The molecule has 0 aliphatic heterocycles. The van der Waals surface area contributed by atoms with Gasteiger partial charge in [-0.1, -0.05) is 13.0 Å². The normalized spacial score (nSPS) is 11.8. The van der Waals surface area contributed by atoms with Gasteiger partial charge in [0.15, 0.2) is 0 Å². The van der Waals surface area contributed by atoms with Gasteiger partial charge >= 0.3 is 0 Å². The monoisotopic (exact) mass is 258 g/mol. The van der Waals surface area contributed by atoms with Crippen LogP contribution in [0.4, 0.5) is 11.4 Å². The van der Waals surface area contributed by atoms with E-state index in [0.717, 1.165) is 17.2 Å². The van der Waals surface area contributed by atoms with Crippen molar-refractivity contribution >= 4 is 22.7 Å². The molecule has 2 rings (SSSR count). The first kappa shape index (κ1) is 12.4. The Balaban J connectivity index is 2.05. The minimum absolute atomic E-state index is 0.315. The number of nitrogens with one attached hydrogen (secondary N) is 1. The summed E-state index contributed by atoms with van der Waals surface area (Å²) in [4.78, 5) is 4.28. The lowest BCUT2D eigenvalue weighted by Gasteiger charge is -2.13. The van der Waals surface area contributed by atoms with Gasteiger partial charge in [0.2, 0.25) is 0 Å². The standard InChI is InChI=1S/C13H14N4S/c1-9(13-16-5-6-18-13)8-17-11-4-2-3-10(7-14)12(11)15/h2-6,9,17H,8,15H2,1H3. The molecular formula is C13H14N4S. The van der Waals surface area contributed by atoms with E-state index in [1.807, 2.05) is 17.5 Å². The Kier molecular flexibility index (Phi) is 3.80. The third-order valence-electron chi connectivity index (χ3n) is 2.70. The summed E-state index contributed by atoms with van der Waals surface area (Å²) in [6.07, 6.45) is 1.81. The summed E-state index contributed by atoms with van der Waals surface area (Å²) in [6.45, 7) is 2.85. The van der Waals surface area contributed by atoms with Crippen molar-refractivity contribution < 1.29 is 0 Å². The molecule has 5 heteroatoms. The molecule has 0 aliphatic rings. The molecule has 1 atom stereocenters. The number of para-hydroxylation sites is 1. The minimum atomic E-state index is 0.315. The average Bonchev–Trinajstić information content (AvgIpc) is 2.91. The first-order chi connectivity index (χ1) is 8.72. The van der Waals surface area contributed by atoms with E-state index in [0.29, 0.717) is 17.2 Å². The number of nitrogen functional groups attached to an aromatic ring is 1. The van der Waals surface area contributed by atoms with Crippen LogP contribution in [0.5, 0.6) is 0 Å². The molecule has 1 heterocycles. The zero-order chi connectivity index (χ0) is 13.0. The fraction of sp³-hybridized carbons (Fsp3) is 0.231. The Morgan fingerprint density at radius 3 is 3.06 bits per heavy atom. The molecule has 92 valence electrons. The molecule has 0 aliphatic carbocycles. The number of nitriles is 1. The lowest BCUT2D eigenvalue weighted by molar-refractivity contribution is 0.795. The van der Waals surface area contributed by atoms with Crippen molar-refractivity contribution in [1.29, 1.82) is 5.26 Å². The summed E-state index contributed by atoms with van der Waals surface area (Å²) >= 11 is 1.64. The Morgan fingerprint density at radius 1 is 1.56 bits per heavy atom. The van der Waals surface area contributed by atoms with Gasteiger partial charge in [0.25, 0.3) is 0 Å². The summed E-state index contributed by atoms with van der Waals surface area (Å²) in [5.74, 6) is 0.315. The molecule has 0 amide bonds. The first-order valence-corrected chi connectivity index (χ1v) is 6.52. The van der Waals surface area contributed by atoms with Gasteiger partial charge < -0.3 is 11.1 Å².